The first-order valence-electron chi connectivity index (χ1n) is 4.13. The van der Waals surface area contributed by atoms with E-state index in [0.29, 0.717) is 11.5 Å². The Morgan fingerprint density at radius 1 is 1.21 bits per heavy atom. The molecule has 74 valence electrons. The second-order valence-electron chi connectivity index (χ2n) is 2.53. The number of benzene rings is 1. The number of aliphatic hydroxyl groups is 1. The number of methoxy groups -OCH3 is 2. The van der Waals surface area contributed by atoms with Crippen molar-refractivity contribution in [1.29, 1.82) is 0 Å². The molecule has 0 heterocycles. The van der Waals surface area contributed by atoms with Gasteiger partial charge in [0, 0.05) is 5.56 Å². The first-order chi connectivity index (χ1) is 6.81. The molecule has 3 nitrogen and oxygen atoms in total. The fourth-order valence-corrected chi connectivity index (χ4v) is 1.06. The van der Waals surface area contributed by atoms with E-state index in [2.05, 4.69) is 11.8 Å². The summed E-state index contributed by atoms with van der Waals surface area (Å²) in [5.41, 5.74) is 0.789. The molecule has 0 atom stereocenters. The molecule has 0 radical (unpaired) electrons. The molecule has 0 unspecified atom stereocenters. The molecule has 0 saturated heterocycles. The Hall–Kier alpha value is -1.66. The van der Waals surface area contributed by atoms with Gasteiger partial charge in [0.2, 0.25) is 0 Å². The van der Waals surface area contributed by atoms with Crippen molar-refractivity contribution in [2.45, 2.75) is 0 Å². The van der Waals surface area contributed by atoms with Gasteiger partial charge in [-0.2, -0.15) is 0 Å². The molecular formula is C11H12O3. The van der Waals surface area contributed by atoms with Crippen molar-refractivity contribution in [2.24, 2.45) is 0 Å². The highest BCUT2D eigenvalue weighted by atomic mass is 16.5. The fraction of sp³-hybridized carbons (Fsp3) is 0.273. The van der Waals surface area contributed by atoms with E-state index in [-0.39, 0.29) is 6.61 Å². The van der Waals surface area contributed by atoms with Gasteiger partial charge in [0.05, 0.1) is 14.2 Å². The first-order valence-corrected chi connectivity index (χ1v) is 4.13. The van der Waals surface area contributed by atoms with E-state index in [4.69, 9.17) is 14.6 Å². The number of hydrogen-bond acceptors (Lipinski definition) is 3. The van der Waals surface area contributed by atoms with Crippen LogP contribution in [0.25, 0.3) is 0 Å². The van der Waals surface area contributed by atoms with Crippen LogP contribution >= 0.6 is 0 Å². The van der Waals surface area contributed by atoms with Gasteiger partial charge < -0.3 is 14.6 Å². The van der Waals surface area contributed by atoms with Gasteiger partial charge in [-0.15, -0.1) is 0 Å². The summed E-state index contributed by atoms with van der Waals surface area (Å²) in [6.45, 7) is -0.144. The van der Waals surface area contributed by atoms with Gasteiger partial charge in [-0.05, 0) is 18.2 Å². The molecule has 0 saturated carbocycles. The van der Waals surface area contributed by atoms with Gasteiger partial charge in [0.25, 0.3) is 0 Å². The third-order valence-electron chi connectivity index (χ3n) is 1.70. The van der Waals surface area contributed by atoms with Crippen molar-refractivity contribution in [3.8, 4) is 23.3 Å². The maximum atomic E-state index is 8.53. The van der Waals surface area contributed by atoms with Crippen LogP contribution in [-0.4, -0.2) is 25.9 Å². The van der Waals surface area contributed by atoms with Crippen LogP contribution in [-0.2, 0) is 0 Å². The van der Waals surface area contributed by atoms with Crippen LogP contribution in [0.4, 0.5) is 0 Å². The van der Waals surface area contributed by atoms with Crippen molar-refractivity contribution < 1.29 is 14.6 Å². The van der Waals surface area contributed by atoms with Crippen LogP contribution in [0.1, 0.15) is 5.56 Å². The summed E-state index contributed by atoms with van der Waals surface area (Å²) in [6, 6.07) is 5.35. The minimum absolute atomic E-state index is 0.144. The Morgan fingerprint density at radius 3 is 2.50 bits per heavy atom. The lowest BCUT2D eigenvalue weighted by atomic mass is 10.2. The zero-order chi connectivity index (χ0) is 10.4. The van der Waals surface area contributed by atoms with Crippen molar-refractivity contribution in [3.05, 3.63) is 23.8 Å². The van der Waals surface area contributed by atoms with E-state index in [1.807, 2.05) is 6.07 Å². The molecule has 0 aliphatic heterocycles. The van der Waals surface area contributed by atoms with Crippen molar-refractivity contribution in [3.63, 3.8) is 0 Å². The van der Waals surface area contributed by atoms with E-state index >= 15 is 0 Å². The second-order valence-corrected chi connectivity index (χ2v) is 2.53. The minimum atomic E-state index is -0.144. The van der Waals surface area contributed by atoms with E-state index in [9.17, 15) is 0 Å². The molecular weight excluding hydrogens is 180 g/mol. The molecule has 1 aromatic rings. The molecule has 0 spiro atoms. The molecule has 3 heteroatoms. The molecule has 0 amide bonds. The number of rotatable bonds is 2. The first kappa shape index (κ1) is 10.4. The predicted molar refractivity (Wildman–Crippen MR) is 53.5 cm³/mol. The van der Waals surface area contributed by atoms with Gasteiger partial charge in [-0.25, -0.2) is 0 Å². The molecule has 1 aromatic carbocycles. The largest absolute Gasteiger partial charge is 0.493 e. The summed E-state index contributed by atoms with van der Waals surface area (Å²) >= 11 is 0. The maximum Gasteiger partial charge on any atom is 0.161 e. The second kappa shape index (κ2) is 5.15. The Balaban J connectivity index is 3.01. The quantitative estimate of drug-likeness (QED) is 0.712. The summed E-state index contributed by atoms with van der Waals surface area (Å²) < 4.78 is 10.2. The van der Waals surface area contributed by atoms with Crippen molar-refractivity contribution in [2.75, 3.05) is 20.8 Å². The molecule has 0 bridgehead atoms. The van der Waals surface area contributed by atoms with Crippen LogP contribution in [0.3, 0.4) is 0 Å². The molecule has 1 N–H and O–H groups in total. The van der Waals surface area contributed by atoms with E-state index < -0.39 is 0 Å². The van der Waals surface area contributed by atoms with E-state index in [1.165, 1.54) is 0 Å². The normalized spacial score (nSPS) is 8.79. The maximum absolute atomic E-state index is 8.53. The Morgan fingerprint density at radius 2 is 1.93 bits per heavy atom. The summed E-state index contributed by atoms with van der Waals surface area (Å²) in [7, 11) is 3.15. The lowest BCUT2D eigenvalue weighted by molar-refractivity contribution is 0.350. The molecule has 1 rings (SSSR count). The highest BCUT2D eigenvalue weighted by Gasteiger charge is 2.02. The third-order valence-corrected chi connectivity index (χ3v) is 1.70. The number of ether oxygens (including phenoxy) is 2. The standard InChI is InChI=1S/C11H12O3/c1-13-10-6-5-9(4-3-7-12)8-11(10)14-2/h5-6,8,12H,7H2,1-2H3. The zero-order valence-corrected chi connectivity index (χ0v) is 8.20. The lowest BCUT2D eigenvalue weighted by Gasteiger charge is -2.06. The number of aliphatic hydroxyl groups excluding tert-OH is 1. The monoisotopic (exact) mass is 192 g/mol. The Bertz CT molecular complexity index is 361. The molecule has 0 aliphatic carbocycles. The van der Waals surface area contributed by atoms with E-state index in [1.54, 1.807) is 26.4 Å². The Labute approximate surface area is 83.3 Å². The van der Waals surface area contributed by atoms with E-state index in [0.717, 1.165) is 5.56 Å². The SMILES string of the molecule is COc1ccc(C#CCO)cc1OC. The highest BCUT2D eigenvalue weighted by molar-refractivity contribution is 5.48. The van der Waals surface area contributed by atoms with Crippen LogP contribution in [0.15, 0.2) is 18.2 Å². The fourth-order valence-electron chi connectivity index (χ4n) is 1.06. The van der Waals surface area contributed by atoms with Crippen LogP contribution in [0, 0.1) is 11.8 Å². The van der Waals surface area contributed by atoms with Crippen LogP contribution in [0.5, 0.6) is 11.5 Å². The summed E-state index contributed by atoms with van der Waals surface area (Å²) in [5.74, 6) is 6.65. The van der Waals surface area contributed by atoms with Crippen molar-refractivity contribution >= 4 is 0 Å². The average Bonchev–Trinajstić information content (AvgIpc) is 2.25. The molecule has 0 aromatic heterocycles. The molecule has 0 aliphatic rings. The average molecular weight is 192 g/mol. The summed E-state index contributed by atoms with van der Waals surface area (Å²) in [6.07, 6.45) is 0. The summed E-state index contributed by atoms with van der Waals surface area (Å²) in [4.78, 5) is 0. The minimum Gasteiger partial charge on any atom is -0.493 e. The predicted octanol–water partition coefficient (Wildman–Crippen LogP) is 1.05. The van der Waals surface area contributed by atoms with Crippen LogP contribution in [0.2, 0.25) is 0 Å². The van der Waals surface area contributed by atoms with Gasteiger partial charge in [0.15, 0.2) is 11.5 Å². The zero-order valence-electron chi connectivity index (χ0n) is 8.20. The van der Waals surface area contributed by atoms with Gasteiger partial charge >= 0.3 is 0 Å². The third kappa shape index (κ3) is 2.41. The highest BCUT2D eigenvalue weighted by Crippen LogP contribution is 2.26. The molecule has 0 fully saturated rings. The smallest absolute Gasteiger partial charge is 0.161 e. The van der Waals surface area contributed by atoms with Gasteiger partial charge in [-0.1, -0.05) is 11.8 Å². The van der Waals surface area contributed by atoms with Gasteiger partial charge in [-0.3, -0.25) is 0 Å². The lowest BCUT2D eigenvalue weighted by Crippen LogP contribution is -1.90. The summed E-state index contributed by atoms with van der Waals surface area (Å²) in [5, 5.41) is 8.53. The topological polar surface area (TPSA) is 38.7 Å². The van der Waals surface area contributed by atoms with Gasteiger partial charge in [0.1, 0.15) is 6.61 Å². The van der Waals surface area contributed by atoms with Crippen LogP contribution < -0.4 is 9.47 Å². The van der Waals surface area contributed by atoms with Crippen molar-refractivity contribution in [1.82, 2.24) is 0 Å². The Kier molecular flexibility index (Phi) is 3.84. The number of hydrogen-bond donors (Lipinski definition) is 1. The molecule has 14 heavy (non-hydrogen) atoms.